The van der Waals surface area contributed by atoms with Gasteiger partial charge in [-0.25, -0.2) is 0 Å². The van der Waals surface area contributed by atoms with Crippen molar-refractivity contribution in [1.29, 1.82) is 0 Å². The lowest BCUT2D eigenvalue weighted by Gasteiger charge is -2.32. The SMILES string of the molecule is CC(=O)C1COCCN1Oc1ccc(/C=C/c2n[nH]c3ccccc23)cc1. The molecule has 0 saturated carbocycles. The highest BCUT2D eigenvalue weighted by Gasteiger charge is 2.28. The molecule has 1 unspecified atom stereocenters. The standard InChI is InChI=1S/C21H21N3O3/c1-15(25)21-14-26-13-12-24(21)27-17-9-6-16(7-10-17)8-11-20-18-4-2-3-5-19(18)22-23-20/h2-11,21H,12-14H2,1H3,(H,22,23)/b11-8+. The number of carbonyl (C=O) groups is 1. The van der Waals surface area contributed by atoms with Gasteiger partial charge in [-0.15, -0.1) is 5.06 Å². The molecule has 2 heterocycles. The van der Waals surface area contributed by atoms with Gasteiger partial charge in [0, 0.05) is 5.39 Å². The summed E-state index contributed by atoms with van der Waals surface area (Å²) in [6, 6.07) is 15.4. The van der Waals surface area contributed by atoms with Crippen molar-refractivity contribution in [1.82, 2.24) is 15.3 Å². The Morgan fingerprint density at radius 2 is 2.04 bits per heavy atom. The van der Waals surface area contributed by atoms with E-state index in [0.29, 0.717) is 25.5 Å². The van der Waals surface area contributed by atoms with E-state index in [1.165, 1.54) is 0 Å². The fourth-order valence-electron chi connectivity index (χ4n) is 3.08. The number of benzene rings is 2. The van der Waals surface area contributed by atoms with Gasteiger partial charge >= 0.3 is 0 Å². The molecule has 1 saturated heterocycles. The van der Waals surface area contributed by atoms with Gasteiger partial charge in [0.25, 0.3) is 0 Å². The zero-order chi connectivity index (χ0) is 18.6. The summed E-state index contributed by atoms with van der Waals surface area (Å²) in [5.74, 6) is 0.742. The minimum Gasteiger partial charge on any atom is -0.405 e. The Kier molecular flexibility index (Phi) is 5.00. The van der Waals surface area contributed by atoms with Crippen molar-refractivity contribution in [2.45, 2.75) is 13.0 Å². The topological polar surface area (TPSA) is 67.4 Å². The number of carbonyl (C=O) groups excluding carboxylic acids is 1. The first-order valence-corrected chi connectivity index (χ1v) is 8.95. The van der Waals surface area contributed by atoms with E-state index in [9.17, 15) is 4.79 Å². The summed E-state index contributed by atoms with van der Waals surface area (Å²) in [5, 5.41) is 10.2. The number of hydrogen-bond acceptors (Lipinski definition) is 5. The third-order valence-electron chi connectivity index (χ3n) is 4.58. The van der Waals surface area contributed by atoms with E-state index in [4.69, 9.17) is 9.57 Å². The average Bonchev–Trinajstić information content (AvgIpc) is 3.11. The van der Waals surface area contributed by atoms with Crippen LogP contribution in [0.15, 0.2) is 48.5 Å². The van der Waals surface area contributed by atoms with Gasteiger partial charge in [-0.2, -0.15) is 5.10 Å². The van der Waals surface area contributed by atoms with Crippen LogP contribution in [0.25, 0.3) is 23.1 Å². The van der Waals surface area contributed by atoms with Crippen molar-refractivity contribution >= 4 is 28.8 Å². The molecule has 1 aliphatic rings. The second-order valence-corrected chi connectivity index (χ2v) is 6.49. The Balaban J connectivity index is 1.45. The summed E-state index contributed by atoms with van der Waals surface area (Å²) in [5.41, 5.74) is 2.97. The smallest absolute Gasteiger partial charge is 0.152 e. The number of ketones is 1. The molecule has 0 bridgehead atoms. The van der Waals surface area contributed by atoms with Crippen LogP contribution >= 0.6 is 0 Å². The fraction of sp³-hybridized carbons (Fsp3) is 0.238. The van der Waals surface area contributed by atoms with Crippen LogP contribution in [0.1, 0.15) is 18.2 Å². The first-order valence-electron chi connectivity index (χ1n) is 8.95. The normalized spacial score (nSPS) is 18.2. The van der Waals surface area contributed by atoms with Gasteiger partial charge < -0.3 is 9.57 Å². The largest absolute Gasteiger partial charge is 0.405 e. The number of Topliss-reactive ketones (excluding diaryl/α,β-unsaturated/α-hetero) is 1. The van der Waals surface area contributed by atoms with E-state index in [1.54, 1.807) is 12.0 Å². The summed E-state index contributed by atoms with van der Waals surface area (Å²) >= 11 is 0. The molecule has 0 aliphatic carbocycles. The Hall–Kier alpha value is -2.96. The van der Waals surface area contributed by atoms with Crippen molar-refractivity contribution < 1.29 is 14.4 Å². The lowest BCUT2D eigenvalue weighted by atomic mass is 10.1. The zero-order valence-corrected chi connectivity index (χ0v) is 15.1. The highest BCUT2D eigenvalue weighted by Crippen LogP contribution is 2.20. The minimum absolute atomic E-state index is 0.0421. The number of hydroxylamine groups is 2. The van der Waals surface area contributed by atoms with E-state index >= 15 is 0 Å². The number of nitrogens with one attached hydrogen (secondary N) is 1. The molecule has 0 spiro atoms. The van der Waals surface area contributed by atoms with Gasteiger partial charge in [0.2, 0.25) is 0 Å². The second kappa shape index (κ2) is 7.73. The Bertz CT molecular complexity index is 962. The number of fused-ring (bicyclic) bond motifs is 1. The van der Waals surface area contributed by atoms with E-state index in [1.807, 2.05) is 60.7 Å². The number of hydrogen-bond donors (Lipinski definition) is 1. The molecule has 1 aromatic heterocycles. The quantitative estimate of drug-likeness (QED) is 0.753. The van der Waals surface area contributed by atoms with Gasteiger partial charge in [0.1, 0.15) is 11.8 Å². The maximum Gasteiger partial charge on any atom is 0.152 e. The summed E-state index contributed by atoms with van der Waals surface area (Å²) in [4.78, 5) is 17.6. The molecule has 6 heteroatoms. The molecular weight excluding hydrogens is 342 g/mol. The summed E-state index contributed by atoms with van der Waals surface area (Å²) < 4.78 is 5.37. The van der Waals surface area contributed by atoms with Crippen LogP contribution in [0.2, 0.25) is 0 Å². The highest BCUT2D eigenvalue weighted by atomic mass is 16.7. The molecule has 1 fully saturated rings. The molecule has 2 aromatic carbocycles. The number of rotatable bonds is 5. The lowest BCUT2D eigenvalue weighted by Crippen LogP contribution is -2.50. The molecule has 1 atom stereocenters. The van der Waals surface area contributed by atoms with Crippen LogP contribution < -0.4 is 4.84 Å². The summed E-state index contributed by atoms with van der Waals surface area (Å²) in [6.07, 6.45) is 4.00. The fourth-order valence-corrected chi connectivity index (χ4v) is 3.08. The number of morpholine rings is 1. The van der Waals surface area contributed by atoms with Gasteiger partial charge in [-0.05, 0) is 36.8 Å². The zero-order valence-electron chi connectivity index (χ0n) is 15.1. The molecule has 4 rings (SSSR count). The Morgan fingerprint density at radius 1 is 1.22 bits per heavy atom. The van der Waals surface area contributed by atoms with E-state index < -0.39 is 0 Å². The van der Waals surface area contributed by atoms with E-state index in [-0.39, 0.29) is 11.8 Å². The van der Waals surface area contributed by atoms with E-state index in [2.05, 4.69) is 10.2 Å². The van der Waals surface area contributed by atoms with Crippen LogP contribution in [0.4, 0.5) is 0 Å². The molecule has 1 N–H and O–H groups in total. The van der Waals surface area contributed by atoms with Gasteiger partial charge in [-0.1, -0.05) is 36.4 Å². The monoisotopic (exact) mass is 363 g/mol. The van der Waals surface area contributed by atoms with Crippen LogP contribution in [0.5, 0.6) is 5.75 Å². The third-order valence-corrected chi connectivity index (χ3v) is 4.58. The second-order valence-electron chi connectivity index (χ2n) is 6.49. The minimum atomic E-state index is -0.355. The maximum absolute atomic E-state index is 11.7. The maximum atomic E-state index is 11.7. The number of H-pyrrole nitrogens is 1. The third kappa shape index (κ3) is 3.92. The predicted molar refractivity (Wildman–Crippen MR) is 104 cm³/mol. The molecular formula is C21H21N3O3. The number of aromatic nitrogens is 2. The van der Waals surface area contributed by atoms with Gasteiger partial charge in [0.15, 0.2) is 5.78 Å². The predicted octanol–water partition coefficient (Wildman–Crippen LogP) is 3.32. The first kappa shape index (κ1) is 17.5. The van der Waals surface area contributed by atoms with Crippen LogP contribution in [-0.2, 0) is 9.53 Å². The van der Waals surface area contributed by atoms with Crippen molar-refractivity contribution in [3.8, 4) is 5.75 Å². The molecule has 27 heavy (non-hydrogen) atoms. The number of ether oxygens (including phenoxy) is 1. The Labute approximate surface area is 157 Å². The van der Waals surface area contributed by atoms with Gasteiger partial charge in [-0.3, -0.25) is 9.89 Å². The molecule has 3 aromatic rings. The molecule has 0 radical (unpaired) electrons. The summed E-state index contributed by atoms with van der Waals surface area (Å²) in [6.45, 7) is 3.05. The molecule has 138 valence electrons. The average molecular weight is 363 g/mol. The number of para-hydroxylation sites is 1. The molecule has 0 amide bonds. The molecule has 1 aliphatic heterocycles. The molecule has 6 nitrogen and oxygen atoms in total. The van der Waals surface area contributed by atoms with Crippen LogP contribution in [0, 0.1) is 0 Å². The van der Waals surface area contributed by atoms with Crippen molar-refractivity contribution in [3.05, 3.63) is 59.8 Å². The Morgan fingerprint density at radius 3 is 2.85 bits per heavy atom. The van der Waals surface area contributed by atoms with Crippen molar-refractivity contribution in [2.75, 3.05) is 19.8 Å². The number of nitrogens with zero attached hydrogens (tertiary/aromatic N) is 2. The highest BCUT2D eigenvalue weighted by molar-refractivity contribution is 5.89. The van der Waals surface area contributed by atoms with Crippen LogP contribution in [0.3, 0.4) is 0 Å². The van der Waals surface area contributed by atoms with Gasteiger partial charge in [0.05, 0.1) is 31.0 Å². The van der Waals surface area contributed by atoms with E-state index in [0.717, 1.165) is 22.2 Å². The lowest BCUT2D eigenvalue weighted by molar-refractivity contribution is -0.168. The van der Waals surface area contributed by atoms with Crippen molar-refractivity contribution in [2.24, 2.45) is 0 Å². The number of aromatic amines is 1. The van der Waals surface area contributed by atoms with Crippen LogP contribution in [-0.4, -0.2) is 46.8 Å². The van der Waals surface area contributed by atoms with Crippen molar-refractivity contribution in [3.63, 3.8) is 0 Å². The first-order chi connectivity index (χ1) is 13.2. The summed E-state index contributed by atoms with van der Waals surface area (Å²) in [7, 11) is 0.